The predicted octanol–water partition coefficient (Wildman–Crippen LogP) is 7.96. The van der Waals surface area contributed by atoms with E-state index in [2.05, 4.69) is 48.3 Å². The van der Waals surface area contributed by atoms with E-state index in [0.29, 0.717) is 5.69 Å². The SMILES string of the molecule is CCCCCN(CCCC)c1ccc(-c2ccc(NC(=O)c3cc([N+](=O)[O-])ccc3Cl)cc2)cc1. The second-order valence-electron chi connectivity index (χ2n) is 8.55. The van der Waals surface area contributed by atoms with Crippen molar-refractivity contribution in [3.8, 4) is 11.1 Å². The van der Waals surface area contributed by atoms with E-state index in [4.69, 9.17) is 11.6 Å². The lowest BCUT2D eigenvalue weighted by molar-refractivity contribution is -0.384. The first-order valence-corrected chi connectivity index (χ1v) is 12.5. The van der Waals surface area contributed by atoms with Gasteiger partial charge in [-0.15, -0.1) is 0 Å². The summed E-state index contributed by atoms with van der Waals surface area (Å²) in [4.78, 5) is 25.5. The minimum absolute atomic E-state index is 0.0621. The van der Waals surface area contributed by atoms with Gasteiger partial charge in [0.15, 0.2) is 0 Å². The Kier molecular flexibility index (Phi) is 9.67. The van der Waals surface area contributed by atoms with E-state index < -0.39 is 10.8 Å². The first-order valence-electron chi connectivity index (χ1n) is 12.1. The number of carbonyl (C=O) groups is 1. The average molecular weight is 494 g/mol. The van der Waals surface area contributed by atoms with Crippen molar-refractivity contribution in [2.75, 3.05) is 23.3 Å². The number of amides is 1. The zero-order chi connectivity index (χ0) is 25.2. The number of nitrogens with one attached hydrogen (secondary N) is 1. The van der Waals surface area contributed by atoms with Gasteiger partial charge in [0.2, 0.25) is 0 Å². The Hall–Kier alpha value is -3.38. The molecule has 0 heterocycles. The number of nitrogens with zero attached hydrogens (tertiary/aromatic N) is 2. The highest BCUT2D eigenvalue weighted by atomic mass is 35.5. The molecular formula is C28H32ClN3O3. The Morgan fingerprint density at radius 3 is 2.09 bits per heavy atom. The molecule has 7 heteroatoms. The lowest BCUT2D eigenvalue weighted by Gasteiger charge is -2.25. The summed E-state index contributed by atoms with van der Waals surface area (Å²) in [5.74, 6) is -0.494. The van der Waals surface area contributed by atoms with Crippen molar-refractivity contribution >= 4 is 34.6 Å². The number of nitro groups is 1. The van der Waals surface area contributed by atoms with E-state index in [9.17, 15) is 14.9 Å². The van der Waals surface area contributed by atoms with E-state index in [0.717, 1.165) is 24.2 Å². The average Bonchev–Trinajstić information content (AvgIpc) is 2.87. The molecule has 6 nitrogen and oxygen atoms in total. The van der Waals surface area contributed by atoms with Gasteiger partial charge in [0.25, 0.3) is 11.6 Å². The summed E-state index contributed by atoms with van der Waals surface area (Å²) in [6, 6.07) is 19.9. The number of non-ortho nitro benzene ring substituents is 1. The summed E-state index contributed by atoms with van der Waals surface area (Å²) >= 11 is 6.08. The zero-order valence-electron chi connectivity index (χ0n) is 20.3. The molecule has 3 rings (SSSR count). The number of hydrogen-bond acceptors (Lipinski definition) is 4. The monoisotopic (exact) mass is 493 g/mol. The zero-order valence-corrected chi connectivity index (χ0v) is 21.1. The number of benzene rings is 3. The fraction of sp³-hybridized carbons (Fsp3) is 0.321. The quantitative estimate of drug-likeness (QED) is 0.158. The van der Waals surface area contributed by atoms with Crippen molar-refractivity contribution in [1.29, 1.82) is 0 Å². The maximum atomic E-state index is 12.6. The molecule has 1 N–H and O–H groups in total. The first kappa shape index (κ1) is 26.2. The highest BCUT2D eigenvalue weighted by Gasteiger charge is 2.16. The second-order valence-corrected chi connectivity index (χ2v) is 8.95. The number of unbranched alkanes of at least 4 members (excludes halogenated alkanes) is 3. The normalized spacial score (nSPS) is 10.7. The van der Waals surface area contributed by atoms with E-state index in [1.807, 2.05) is 24.3 Å². The molecule has 0 saturated carbocycles. The minimum atomic E-state index is -0.554. The van der Waals surface area contributed by atoms with Crippen LogP contribution in [-0.2, 0) is 0 Å². The van der Waals surface area contributed by atoms with E-state index >= 15 is 0 Å². The summed E-state index contributed by atoms with van der Waals surface area (Å²) in [6.07, 6.45) is 6.03. The maximum absolute atomic E-state index is 12.6. The molecule has 35 heavy (non-hydrogen) atoms. The largest absolute Gasteiger partial charge is 0.372 e. The van der Waals surface area contributed by atoms with Crippen LogP contribution in [0.3, 0.4) is 0 Å². The Morgan fingerprint density at radius 2 is 1.49 bits per heavy atom. The lowest BCUT2D eigenvalue weighted by Crippen LogP contribution is -2.25. The van der Waals surface area contributed by atoms with Crippen LogP contribution in [0.4, 0.5) is 17.1 Å². The van der Waals surface area contributed by atoms with Crippen LogP contribution < -0.4 is 10.2 Å². The third-order valence-corrected chi connectivity index (χ3v) is 6.26. The molecule has 0 saturated heterocycles. The van der Waals surface area contributed by atoms with E-state index in [1.54, 1.807) is 0 Å². The van der Waals surface area contributed by atoms with Gasteiger partial charge in [0.05, 0.1) is 15.5 Å². The topological polar surface area (TPSA) is 75.5 Å². The van der Waals surface area contributed by atoms with Gasteiger partial charge >= 0.3 is 0 Å². The number of rotatable bonds is 12. The molecule has 0 radical (unpaired) electrons. The van der Waals surface area contributed by atoms with Crippen LogP contribution in [-0.4, -0.2) is 23.9 Å². The molecule has 0 fully saturated rings. The number of hydrogen-bond donors (Lipinski definition) is 1. The van der Waals surface area contributed by atoms with Crippen LogP contribution in [0.1, 0.15) is 56.3 Å². The standard InChI is InChI=1S/C28H32ClN3O3/c1-3-5-7-19-31(18-6-4-2)24-14-10-22(11-15-24)21-8-12-23(13-9-21)30-28(33)26-20-25(32(34)35)16-17-27(26)29/h8-17,20H,3-7,18-19H2,1-2H3,(H,30,33). The Morgan fingerprint density at radius 1 is 0.886 bits per heavy atom. The van der Waals surface area contributed by atoms with Gasteiger partial charge < -0.3 is 10.2 Å². The highest BCUT2D eigenvalue weighted by molar-refractivity contribution is 6.34. The van der Waals surface area contributed by atoms with Gasteiger partial charge in [-0.05, 0) is 54.3 Å². The van der Waals surface area contributed by atoms with Crippen LogP contribution >= 0.6 is 11.6 Å². The van der Waals surface area contributed by atoms with Crippen molar-refractivity contribution in [2.45, 2.75) is 46.0 Å². The third-order valence-electron chi connectivity index (χ3n) is 5.93. The summed E-state index contributed by atoms with van der Waals surface area (Å²) in [6.45, 7) is 6.60. The van der Waals surface area contributed by atoms with Gasteiger partial charge in [-0.25, -0.2) is 0 Å². The molecule has 0 aromatic heterocycles. The Balaban J connectivity index is 1.69. The lowest BCUT2D eigenvalue weighted by atomic mass is 10.0. The van der Waals surface area contributed by atoms with Crippen molar-refractivity contribution in [2.24, 2.45) is 0 Å². The molecule has 0 aliphatic carbocycles. The fourth-order valence-corrected chi connectivity index (χ4v) is 4.08. The van der Waals surface area contributed by atoms with Crippen molar-refractivity contribution in [1.82, 2.24) is 0 Å². The van der Waals surface area contributed by atoms with Crippen LogP contribution in [0.5, 0.6) is 0 Å². The molecule has 0 aliphatic rings. The molecule has 0 spiro atoms. The molecular weight excluding hydrogens is 462 g/mol. The Labute approximate surface area is 212 Å². The maximum Gasteiger partial charge on any atom is 0.270 e. The Bertz CT molecular complexity index is 1130. The summed E-state index contributed by atoms with van der Waals surface area (Å²) in [7, 11) is 0. The summed E-state index contributed by atoms with van der Waals surface area (Å²) < 4.78 is 0. The molecule has 1 amide bonds. The molecule has 0 atom stereocenters. The highest BCUT2D eigenvalue weighted by Crippen LogP contribution is 2.27. The van der Waals surface area contributed by atoms with Crippen molar-refractivity contribution in [3.05, 3.63) is 87.4 Å². The number of halogens is 1. The predicted molar refractivity (Wildman–Crippen MR) is 145 cm³/mol. The minimum Gasteiger partial charge on any atom is -0.372 e. The third kappa shape index (κ3) is 7.30. The van der Waals surface area contributed by atoms with E-state index in [-0.39, 0.29) is 16.3 Å². The summed E-state index contributed by atoms with van der Waals surface area (Å²) in [5.41, 5.74) is 3.84. The molecule has 3 aromatic carbocycles. The van der Waals surface area contributed by atoms with Crippen LogP contribution in [0.15, 0.2) is 66.7 Å². The molecule has 0 aliphatic heterocycles. The van der Waals surface area contributed by atoms with Crippen LogP contribution in [0, 0.1) is 10.1 Å². The smallest absolute Gasteiger partial charge is 0.270 e. The van der Waals surface area contributed by atoms with Gasteiger partial charge in [-0.3, -0.25) is 14.9 Å². The van der Waals surface area contributed by atoms with E-state index in [1.165, 1.54) is 56.0 Å². The van der Waals surface area contributed by atoms with Gasteiger partial charge in [-0.2, -0.15) is 0 Å². The molecule has 184 valence electrons. The summed E-state index contributed by atoms with van der Waals surface area (Å²) in [5, 5.41) is 13.9. The van der Waals surface area contributed by atoms with Crippen molar-refractivity contribution < 1.29 is 9.72 Å². The van der Waals surface area contributed by atoms with Gasteiger partial charge in [-0.1, -0.05) is 69.0 Å². The van der Waals surface area contributed by atoms with Gasteiger partial charge in [0, 0.05) is 36.6 Å². The molecule has 0 unspecified atom stereocenters. The fourth-order valence-electron chi connectivity index (χ4n) is 3.88. The first-order chi connectivity index (χ1) is 16.9. The molecule has 3 aromatic rings. The number of carbonyl (C=O) groups excluding carboxylic acids is 1. The van der Waals surface area contributed by atoms with Crippen molar-refractivity contribution in [3.63, 3.8) is 0 Å². The van der Waals surface area contributed by atoms with Crippen LogP contribution in [0.25, 0.3) is 11.1 Å². The van der Waals surface area contributed by atoms with Crippen LogP contribution in [0.2, 0.25) is 5.02 Å². The number of anilines is 2. The second kappa shape index (κ2) is 12.9. The van der Waals surface area contributed by atoms with Gasteiger partial charge in [0.1, 0.15) is 0 Å². The molecule has 0 bridgehead atoms. The number of nitro benzene ring substituents is 1.